The van der Waals surface area contributed by atoms with Crippen LogP contribution in [0.15, 0.2) is 18.2 Å². The fourth-order valence-corrected chi connectivity index (χ4v) is 1.38. The maximum atomic E-state index is 13.0. The highest BCUT2D eigenvalue weighted by molar-refractivity contribution is 5.37. The van der Waals surface area contributed by atoms with Gasteiger partial charge in [-0.05, 0) is 44.5 Å². The number of halogens is 1. The molecule has 0 aliphatic carbocycles. The minimum atomic E-state index is -0.362. The second-order valence-corrected chi connectivity index (χ2v) is 4.93. The Bertz CT molecular complexity index is 432. The standard InChI is InChI=1S/C14H18FNO2/c1-14(2,3)18-7-6-17-10-12-8-13(15)5-4-11(12)9-16/h4-5,8H,6-7,10H2,1-3H3. The minimum Gasteiger partial charge on any atom is -0.374 e. The van der Waals surface area contributed by atoms with Gasteiger partial charge in [0, 0.05) is 0 Å². The van der Waals surface area contributed by atoms with Crippen molar-refractivity contribution in [2.45, 2.75) is 33.0 Å². The van der Waals surface area contributed by atoms with Crippen molar-refractivity contribution in [3.63, 3.8) is 0 Å². The Morgan fingerprint density at radius 1 is 1.28 bits per heavy atom. The van der Waals surface area contributed by atoms with E-state index < -0.39 is 0 Å². The fraction of sp³-hybridized carbons (Fsp3) is 0.500. The zero-order valence-corrected chi connectivity index (χ0v) is 11.0. The summed E-state index contributed by atoms with van der Waals surface area (Å²) < 4.78 is 23.9. The highest BCUT2D eigenvalue weighted by Gasteiger charge is 2.09. The topological polar surface area (TPSA) is 42.2 Å². The molecule has 18 heavy (non-hydrogen) atoms. The lowest BCUT2D eigenvalue weighted by Crippen LogP contribution is -2.21. The van der Waals surface area contributed by atoms with Crippen molar-refractivity contribution in [3.8, 4) is 6.07 Å². The second-order valence-electron chi connectivity index (χ2n) is 4.93. The van der Waals surface area contributed by atoms with Crippen molar-refractivity contribution in [1.29, 1.82) is 5.26 Å². The van der Waals surface area contributed by atoms with Gasteiger partial charge in [-0.2, -0.15) is 5.26 Å². The molecule has 98 valence electrons. The third-order valence-corrected chi connectivity index (χ3v) is 2.21. The summed E-state index contributed by atoms with van der Waals surface area (Å²) in [6.45, 7) is 7.00. The number of nitrogens with zero attached hydrogens (tertiary/aromatic N) is 1. The van der Waals surface area contributed by atoms with Crippen LogP contribution in [0.1, 0.15) is 31.9 Å². The largest absolute Gasteiger partial charge is 0.374 e. The molecule has 0 atom stereocenters. The van der Waals surface area contributed by atoms with Crippen LogP contribution in [0.4, 0.5) is 4.39 Å². The van der Waals surface area contributed by atoms with Crippen molar-refractivity contribution < 1.29 is 13.9 Å². The van der Waals surface area contributed by atoms with Crippen LogP contribution in [-0.2, 0) is 16.1 Å². The van der Waals surface area contributed by atoms with Gasteiger partial charge < -0.3 is 9.47 Å². The number of hydrogen-bond acceptors (Lipinski definition) is 3. The molecule has 0 amide bonds. The Morgan fingerprint density at radius 2 is 2.00 bits per heavy atom. The number of nitriles is 1. The first-order valence-electron chi connectivity index (χ1n) is 5.82. The third-order valence-electron chi connectivity index (χ3n) is 2.21. The van der Waals surface area contributed by atoms with Crippen LogP contribution in [0, 0.1) is 17.1 Å². The van der Waals surface area contributed by atoms with E-state index in [0.29, 0.717) is 24.3 Å². The van der Waals surface area contributed by atoms with E-state index in [-0.39, 0.29) is 18.0 Å². The molecular weight excluding hydrogens is 233 g/mol. The van der Waals surface area contributed by atoms with Gasteiger partial charge in [0.1, 0.15) is 5.82 Å². The molecule has 0 aliphatic rings. The van der Waals surface area contributed by atoms with Gasteiger partial charge in [0.15, 0.2) is 0 Å². The van der Waals surface area contributed by atoms with E-state index in [0.717, 1.165) is 0 Å². The summed E-state index contributed by atoms with van der Waals surface area (Å²) in [6.07, 6.45) is 0. The SMILES string of the molecule is CC(C)(C)OCCOCc1cc(F)ccc1C#N. The first-order valence-corrected chi connectivity index (χ1v) is 5.82. The van der Waals surface area contributed by atoms with Gasteiger partial charge in [-0.3, -0.25) is 0 Å². The molecule has 0 radical (unpaired) electrons. The molecule has 0 saturated heterocycles. The lowest BCUT2D eigenvalue weighted by atomic mass is 10.1. The van der Waals surface area contributed by atoms with Crippen LogP contribution in [0.5, 0.6) is 0 Å². The van der Waals surface area contributed by atoms with E-state index in [1.54, 1.807) is 0 Å². The van der Waals surface area contributed by atoms with Gasteiger partial charge in [-0.25, -0.2) is 4.39 Å². The van der Waals surface area contributed by atoms with E-state index in [1.165, 1.54) is 18.2 Å². The summed E-state index contributed by atoms with van der Waals surface area (Å²) in [4.78, 5) is 0. The van der Waals surface area contributed by atoms with Gasteiger partial charge in [0.25, 0.3) is 0 Å². The van der Waals surface area contributed by atoms with E-state index in [1.807, 2.05) is 26.8 Å². The smallest absolute Gasteiger partial charge is 0.123 e. The van der Waals surface area contributed by atoms with Gasteiger partial charge in [-0.1, -0.05) is 0 Å². The third kappa shape index (κ3) is 5.26. The Hall–Kier alpha value is -1.44. The average molecular weight is 251 g/mol. The monoisotopic (exact) mass is 251 g/mol. The summed E-state index contributed by atoms with van der Waals surface area (Å²) >= 11 is 0. The first-order chi connectivity index (χ1) is 8.42. The summed E-state index contributed by atoms with van der Waals surface area (Å²) in [5.41, 5.74) is 0.807. The number of ether oxygens (including phenoxy) is 2. The van der Waals surface area contributed by atoms with Crippen molar-refractivity contribution in [2.75, 3.05) is 13.2 Å². The van der Waals surface area contributed by atoms with Gasteiger partial charge in [0.2, 0.25) is 0 Å². The summed E-state index contributed by atoms with van der Waals surface area (Å²) in [6, 6.07) is 6.06. The molecule has 3 nitrogen and oxygen atoms in total. The molecule has 1 aromatic carbocycles. The van der Waals surface area contributed by atoms with Gasteiger partial charge in [-0.15, -0.1) is 0 Å². The molecule has 0 spiro atoms. The van der Waals surface area contributed by atoms with E-state index in [9.17, 15) is 4.39 Å². The maximum absolute atomic E-state index is 13.0. The lowest BCUT2D eigenvalue weighted by Gasteiger charge is -2.19. The molecule has 0 N–H and O–H groups in total. The predicted molar refractivity (Wildman–Crippen MR) is 66.5 cm³/mol. The van der Waals surface area contributed by atoms with Crippen LogP contribution in [-0.4, -0.2) is 18.8 Å². The zero-order chi connectivity index (χ0) is 13.6. The molecule has 1 aromatic rings. The Kier molecular flexibility index (Phi) is 5.26. The quantitative estimate of drug-likeness (QED) is 0.755. The van der Waals surface area contributed by atoms with Crippen molar-refractivity contribution in [1.82, 2.24) is 0 Å². The highest BCUT2D eigenvalue weighted by Crippen LogP contribution is 2.12. The molecule has 1 rings (SSSR count). The molecule has 0 bridgehead atoms. The highest BCUT2D eigenvalue weighted by atomic mass is 19.1. The Morgan fingerprint density at radius 3 is 2.61 bits per heavy atom. The Labute approximate surface area is 107 Å². The summed E-state index contributed by atoms with van der Waals surface area (Å²) in [5.74, 6) is -0.362. The van der Waals surface area contributed by atoms with Crippen molar-refractivity contribution in [2.24, 2.45) is 0 Å². The van der Waals surface area contributed by atoms with E-state index >= 15 is 0 Å². The van der Waals surface area contributed by atoms with Crippen LogP contribution in [0.3, 0.4) is 0 Å². The van der Waals surface area contributed by atoms with Crippen LogP contribution < -0.4 is 0 Å². The molecule has 0 saturated carbocycles. The molecule has 0 aliphatic heterocycles. The van der Waals surface area contributed by atoms with Gasteiger partial charge in [0.05, 0.1) is 37.1 Å². The zero-order valence-electron chi connectivity index (χ0n) is 11.0. The molecular formula is C14H18FNO2. The van der Waals surface area contributed by atoms with Gasteiger partial charge >= 0.3 is 0 Å². The molecule has 0 heterocycles. The predicted octanol–water partition coefficient (Wildman–Crippen LogP) is 3.03. The van der Waals surface area contributed by atoms with Crippen LogP contribution in [0.2, 0.25) is 0 Å². The molecule has 0 aromatic heterocycles. The lowest BCUT2D eigenvalue weighted by molar-refractivity contribution is -0.0377. The fourth-order valence-electron chi connectivity index (χ4n) is 1.38. The average Bonchev–Trinajstić information content (AvgIpc) is 2.27. The first kappa shape index (κ1) is 14.6. The summed E-state index contributed by atoms with van der Waals surface area (Å²) in [7, 11) is 0. The minimum absolute atomic E-state index is 0.194. The number of hydrogen-bond donors (Lipinski definition) is 0. The number of rotatable bonds is 5. The van der Waals surface area contributed by atoms with Crippen molar-refractivity contribution in [3.05, 3.63) is 35.1 Å². The van der Waals surface area contributed by atoms with Crippen LogP contribution in [0.25, 0.3) is 0 Å². The Balaban J connectivity index is 2.40. The molecule has 0 fully saturated rings. The number of benzene rings is 1. The normalized spacial score (nSPS) is 11.3. The van der Waals surface area contributed by atoms with Crippen LogP contribution >= 0.6 is 0 Å². The van der Waals surface area contributed by atoms with E-state index in [2.05, 4.69) is 0 Å². The van der Waals surface area contributed by atoms with Crippen molar-refractivity contribution >= 4 is 0 Å². The van der Waals surface area contributed by atoms with E-state index in [4.69, 9.17) is 14.7 Å². The molecule has 0 unspecified atom stereocenters. The summed E-state index contributed by atoms with van der Waals surface area (Å²) in [5, 5.41) is 8.87. The second kappa shape index (κ2) is 6.48. The molecule has 4 heteroatoms. The maximum Gasteiger partial charge on any atom is 0.123 e.